The number of halogens is 2. The minimum atomic E-state index is -0.751. The quantitative estimate of drug-likeness (QED) is 0.131. The molecular weight excluding hydrogens is 759 g/mol. The normalized spacial score (nSPS) is 14.1. The van der Waals surface area contributed by atoms with Gasteiger partial charge in [-0.2, -0.15) is 0 Å². The largest absolute Gasteiger partial charge is 0.481 e. The van der Waals surface area contributed by atoms with Gasteiger partial charge < -0.3 is 29.7 Å². The van der Waals surface area contributed by atoms with Crippen LogP contribution in [0.2, 0.25) is 10.0 Å². The number of ether oxygens (including phenoxy) is 3. The van der Waals surface area contributed by atoms with Crippen LogP contribution in [-0.4, -0.2) is 76.2 Å². The van der Waals surface area contributed by atoms with E-state index in [0.717, 1.165) is 11.1 Å². The molecule has 1 atom stereocenters. The number of nitrogens with zero attached hydrogens (tertiary/aromatic N) is 4. The van der Waals surface area contributed by atoms with E-state index in [4.69, 9.17) is 37.7 Å². The SMILES string of the molecule is COC(=O)CNCc1ccc(-c2cccc(-c3cccc(-c4ccn5c(=O)c(CN(C[C@@H]6CCC(=O)N6)C(=O)OC(C)(C)C)cnc5c4)c3Cl)c2Cl)nc1OC. The van der Waals surface area contributed by atoms with Crippen LogP contribution in [0.4, 0.5) is 4.79 Å². The van der Waals surface area contributed by atoms with E-state index in [1.807, 2.05) is 48.5 Å². The number of benzene rings is 2. The molecule has 4 heterocycles. The van der Waals surface area contributed by atoms with Crippen LogP contribution in [0.3, 0.4) is 0 Å². The molecule has 0 aliphatic carbocycles. The number of pyridine rings is 2. The molecule has 56 heavy (non-hydrogen) atoms. The maximum absolute atomic E-state index is 13.7. The highest BCUT2D eigenvalue weighted by Gasteiger charge is 2.29. The summed E-state index contributed by atoms with van der Waals surface area (Å²) in [5, 5.41) is 6.77. The number of carbonyl (C=O) groups is 3. The van der Waals surface area contributed by atoms with Crippen molar-refractivity contribution in [1.82, 2.24) is 29.9 Å². The molecular formula is C41H42Cl2N6O7. The molecule has 5 aromatic rings. The van der Waals surface area contributed by atoms with Gasteiger partial charge in [-0.25, -0.2) is 14.8 Å². The van der Waals surface area contributed by atoms with Crippen molar-refractivity contribution < 1.29 is 28.6 Å². The van der Waals surface area contributed by atoms with Gasteiger partial charge in [-0.3, -0.25) is 18.8 Å². The Bertz CT molecular complexity index is 2360. The molecule has 0 radical (unpaired) electrons. The van der Waals surface area contributed by atoms with Crippen LogP contribution in [0.25, 0.3) is 39.2 Å². The first-order valence-corrected chi connectivity index (χ1v) is 18.7. The molecule has 292 valence electrons. The summed E-state index contributed by atoms with van der Waals surface area (Å²) in [7, 11) is 2.86. The summed E-state index contributed by atoms with van der Waals surface area (Å²) in [5.74, 6) is -0.0677. The van der Waals surface area contributed by atoms with Gasteiger partial charge in [0.1, 0.15) is 11.2 Å². The molecule has 3 aromatic heterocycles. The lowest BCUT2D eigenvalue weighted by Gasteiger charge is -2.29. The van der Waals surface area contributed by atoms with E-state index < -0.39 is 11.7 Å². The van der Waals surface area contributed by atoms with Crippen molar-refractivity contribution in [2.75, 3.05) is 27.3 Å². The third-order valence-corrected chi connectivity index (χ3v) is 9.95. The Morgan fingerprint density at radius 3 is 2.32 bits per heavy atom. The predicted molar refractivity (Wildman–Crippen MR) is 214 cm³/mol. The number of nitrogens with one attached hydrogen (secondary N) is 2. The number of amides is 2. The summed E-state index contributed by atoms with van der Waals surface area (Å²) < 4.78 is 17.3. The molecule has 1 saturated heterocycles. The molecule has 2 aromatic carbocycles. The zero-order chi connectivity index (χ0) is 40.1. The van der Waals surface area contributed by atoms with E-state index in [1.165, 1.54) is 29.7 Å². The maximum Gasteiger partial charge on any atom is 0.410 e. The van der Waals surface area contributed by atoms with Crippen LogP contribution in [0.15, 0.2) is 77.9 Å². The van der Waals surface area contributed by atoms with Gasteiger partial charge in [0.05, 0.1) is 48.6 Å². The van der Waals surface area contributed by atoms with Gasteiger partial charge in [0.2, 0.25) is 11.8 Å². The van der Waals surface area contributed by atoms with Crippen LogP contribution in [-0.2, 0) is 32.2 Å². The third-order valence-electron chi connectivity index (χ3n) is 9.14. The van der Waals surface area contributed by atoms with Crippen molar-refractivity contribution in [3.63, 3.8) is 0 Å². The Kier molecular flexibility index (Phi) is 12.3. The molecule has 0 saturated carbocycles. The second-order valence-corrected chi connectivity index (χ2v) is 15.0. The summed E-state index contributed by atoms with van der Waals surface area (Å²) in [6.45, 7) is 5.84. The van der Waals surface area contributed by atoms with Crippen molar-refractivity contribution in [3.05, 3.63) is 105 Å². The van der Waals surface area contributed by atoms with Gasteiger partial charge in [0.25, 0.3) is 5.56 Å². The van der Waals surface area contributed by atoms with Crippen LogP contribution in [0.1, 0.15) is 44.7 Å². The lowest BCUT2D eigenvalue weighted by atomic mass is 9.97. The molecule has 2 N–H and O–H groups in total. The summed E-state index contributed by atoms with van der Waals surface area (Å²) >= 11 is 14.2. The van der Waals surface area contributed by atoms with Crippen molar-refractivity contribution in [2.24, 2.45) is 0 Å². The Morgan fingerprint density at radius 1 is 0.964 bits per heavy atom. The number of carbonyl (C=O) groups excluding carboxylic acids is 3. The van der Waals surface area contributed by atoms with Crippen molar-refractivity contribution in [2.45, 2.75) is 58.3 Å². The summed E-state index contributed by atoms with van der Waals surface area (Å²) in [4.78, 5) is 61.0. The standard InChI is InChI=1S/C41H42Cl2N6O7/c1-41(2,3)56-40(53)48(23-27-13-15-34(50)46-27)22-26-20-45-33-18-24(16-17-49(33)39(26)52)28-8-6-9-29(36(28)42)30-10-7-11-31(37(30)43)32-14-12-25(38(47-32)55-5)19-44-21-35(51)54-4/h6-12,14,16-18,20,27,44H,13,15,19,21-23H2,1-5H3,(H,46,50)/t27-/m0/s1. The van der Waals surface area contributed by atoms with E-state index in [0.29, 0.717) is 68.9 Å². The number of hydrogen-bond donors (Lipinski definition) is 2. The molecule has 13 nitrogen and oxygen atoms in total. The number of hydrogen-bond acceptors (Lipinski definition) is 10. The highest BCUT2D eigenvalue weighted by Crippen LogP contribution is 2.42. The van der Waals surface area contributed by atoms with Crippen LogP contribution < -0.4 is 20.9 Å². The van der Waals surface area contributed by atoms with Crippen molar-refractivity contribution in [1.29, 1.82) is 0 Å². The number of rotatable bonds is 12. The molecule has 6 rings (SSSR count). The number of fused-ring (bicyclic) bond motifs is 1. The average molecular weight is 802 g/mol. The summed E-state index contributed by atoms with van der Waals surface area (Å²) in [5.41, 5.74) is 4.38. The Hall–Kier alpha value is -5.50. The summed E-state index contributed by atoms with van der Waals surface area (Å²) in [6, 6.07) is 18.2. The molecule has 1 fully saturated rings. The molecule has 2 amide bonds. The van der Waals surface area contributed by atoms with E-state index >= 15 is 0 Å². The lowest BCUT2D eigenvalue weighted by molar-refractivity contribution is -0.139. The topological polar surface area (TPSA) is 153 Å². The van der Waals surface area contributed by atoms with Crippen LogP contribution in [0, 0.1) is 0 Å². The fraction of sp³-hybridized carbons (Fsp3) is 0.317. The van der Waals surface area contributed by atoms with Crippen molar-refractivity contribution >= 4 is 46.8 Å². The summed E-state index contributed by atoms with van der Waals surface area (Å²) in [6.07, 6.45) is 3.46. The van der Waals surface area contributed by atoms with Gasteiger partial charge >= 0.3 is 12.1 Å². The van der Waals surface area contributed by atoms with E-state index in [1.54, 1.807) is 39.1 Å². The fourth-order valence-electron chi connectivity index (χ4n) is 6.41. The van der Waals surface area contributed by atoms with Crippen LogP contribution >= 0.6 is 23.2 Å². The van der Waals surface area contributed by atoms with Gasteiger partial charge in [0.15, 0.2) is 0 Å². The Balaban J connectivity index is 1.27. The van der Waals surface area contributed by atoms with E-state index in [2.05, 4.69) is 20.4 Å². The second-order valence-electron chi connectivity index (χ2n) is 14.3. The van der Waals surface area contributed by atoms with Gasteiger partial charge in [0, 0.05) is 65.8 Å². The Labute approximate surface area is 333 Å². The average Bonchev–Trinajstić information content (AvgIpc) is 3.59. The minimum Gasteiger partial charge on any atom is -0.481 e. The Morgan fingerprint density at radius 2 is 1.66 bits per heavy atom. The van der Waals surface area contributed by atoms with Crippen molar-refractivity contribution in [3.8, 4) is 39.4 Å². The highest BCUT2D eigenvalue weighted by molar-refractivity contribution is 6.39. The smallest absolute Gasteiger partial charge is 0.410 e. The molecule has 0 unspecified atom stereocenters. The van der Waals surface area contributed by atoms with Gasteiger partial charge in [-0.05, 0) is 51.0 Å². The molecule has 15 heteroatoms. The van der Waals surface area contributed by atoms with Gasteiger partial charge in [-0.15, -0.1) is 0 Å². The molecule has 0 bridgehead atoms. The molecule has 1 aliphatic rings. The van der Waals surface area contributed by atoms with E-state index in [-0.39, 0.29) is 48.7 Å². The maximum atomic E-state index is 13.7. The number of methoxy groups -OCH3 is 2. The monoisotopic (exact) mass is 800 g/mol. The fourth-order valence-corrected chi connectivity index (χ4v) is 7.07. The predicted octanol–water partition coefficient (Wildman–Crippen LogP) is 6.68. The zero-order valence-electron chi connectivity index (χ0n) is 31.7. The van der Waals surface area contributed by atoms with E-state index in [9.17, 15) is 19.2 Å². The first-order chi connectivity index (χ1) is 26.8. The minimum absolute atomic E-state index is 0.0462. The molecule has 1 aliphatic heterocycles. The lowest BCUT2D eigenvalue weighted by Crippen LogP contribution is -2.44. The highest BCUT2D eigenvalue weighted by atomic mass is 35.5. The second kappa shape index (κ2) is 17.1. The first-order valence-electron chi connectivity index (χ1n) is 17.9. The first kappa shape index (κ1) is 40.2. The molecule has 0 spiro atoms. The third kappa shape index (κ3) is 9.13. The number of esters is 1. The van der Waals surface area contributed by atoms with Gasteiger partial charge in [-0.1, -0.05) is 65.7 Å². The zero-order valence-corrected chi connectivity index (χ0v) is 33.2. The number of aromatic nitrogens is 3. The van der Waals surface area contributed by atoms with Crippen LogP contribution in [0.5, 0.6) is 5.88 Å².